The average Bonchev–Trinajstić information content (AvgIpc) is 2.52. The second-order valence-corrected chi connectivity index (χ2v) is 7.38. The number of carbonyl (C=O) groups is 2. The smallest absolute Gasteiger partial charge is 0.311 e. The summed E-state index contributed by atoms with van der Waals surface area (Å²) in [6, 6.07) is 0. The Hall–Kier alpha value is -1.16. The Bertz CT molecular complexity index is 425. The minimum absolute atomic E-state index is 0.0171. The molecule has 0 aromatic heterocycles. The predicted octanol–water partition coefficient (Wildman–Crippen LogP) is 3.67. The highest BCUT2D eigenvalue weighted by Gasteiger charge is 2.41. The van der Waals surface area contributed by atoms with E-state index in [2.05, 4.69) is 13.0 Å². The summed E-state index contributed by atoms with van der Waals surface area (Å²) in [5.41, 5.74) is -0.935. The zero-order valence-corrected chi connectivity index (χ0v) is 15.0. The van der Waals surface area contributed by atoms with E-state index in [1.54, 1.807) is 20.8 Å². The van der Waals surface area contributed by atoms with Crippen molar-refractivity contribution in [1.29, 1.82) is 0 Å². The van der Waals surface area contributed by atoms with Crippen molar-refractivity contribution < 1.29 is 19.4 Å². The first-order valence-corrected chi connectivity index (χ1v) is 8.79. The highest BCUT2D eigenvalue weighted by Crippen LogP contribution is 2.31. The van der Waals surface area contributed by atoms with Gasteiger partial charge in [-0.1, -0.05) is 39.3 Å². The second-order valence-electron chi connectivity index (χ2n) is 7.38. The highest BCUT2D eigenvalue weighted by atomic mass is 16.5. The largest absolute Gasteiger partial charge is 0.465 e. The van der Waals surface area contributed by atoms with Crippen LogP contribution in [0.3, 0.4) is 0 Å². The molecule has 1 heterocycles. The standard InChI is InChI=1S/C19H32O4/c1-14-10-8-6-5-7-9-13-23-18(22)15(2)17(21)19(3,4)16(20)12-11-14/h5,7,14-15,17,21H,6,8-13H2,1-4H3/b7-5-. The summed E-state index contributed by atoms with van der Waals surface area (Å²) >= 11 is 0. The lowest BCUT2D eigenvalue weighted by Crippen LogP contribution is -2.44. The Morgan fingerprint density at radius 1 is 1.13 bits per heavy atom. The van der Waals surface area contributed by atoms with Gasteiger partial charge in [0.25, 0.3) is 0 Å². The molecule has 1 aliphatic rings. The van der Waals surface area contributed by atoms with E-state index in [1.807, 2.05) is 6.08 Å². The van der Waals surface area contributed by atoms with Gasteiger partial charge in [-0.25, -0.2) is 0 Å². The SMILES string of the molecule is CC1CCC/C=C\CCOC(=O)C(C)C(O)C(C)(C)C(=O)CC1. The number of ketones is 1. The van der Waals surface area contributed by atoms with Crippen LogP contribution >= 0.6 is 0 Å². The van der Waals surface area contributed by atoms with E-state index >= 15 is 0 Å². The number of esters is 1. The van der Waals surface area contributed by atoms with Gasteiger partial charge in [-0.05, 0) is 38.5 Å². The number of hydrogen-bond acceptors (Lipinski definition) is 4. The second kappa shape index (κ2) is 9.21. The van der Waals surface area contributed by atoms with E-state index in [9.17, 15) is 14.7 Å². The maximum absolute atomic E-state index is 12.5. The molecule has 0 saturated heterocycles. The van der Waals surface area contributed by atoms with E-state index < -0.39 is 23.4 Å². The molecule has 4 nitrogen and oxygen atoms in total. The molecule has 0 aliphatic carbocycles. The van der Waals surface area contributed by atoms with E-state index in [4.69, 9.17) is 4.74 Å². The number of carbonyl (C=O) groups excluding carboxylic acids is 2. The zero-order valence-electron chi connectivity index (χ0n) is 15.0. The third kappa shape index (κ3) is 6.09. The van der Waals surface area contributed by atoms with Crippen LogP contribution in [0, 0.1) is 17.3 Å². The van der Waals surface area contributed by atoms with E-state index in [0.717, 1.165) is 25.7 Å². The van der Waals surface area contributed by atoms with Crippen LogP contribution in [0.15, 0.2) is 12.2 Å². The van der Waals surface area contributed by atoms with Crippen molar-refractivity contribution in [3.8, 4) is 0 Å². The molecule has 1 N–H and O–H groups in total. The van der Waals surface area contributed by atoms with Gasteiger partial charge in [-0.3, -0.25) is 9.59 Å². The summed E-state index contributed by atoms with van der Waals surface area (Å²) < 4.78 is 5.21. The molecule has 1 aliphatic heterocycles. The Kier molecular flexibility index (Phi) is 7.97. The molecule has 0 bridgehead atoms. The lowest BCUT2D eigenvalue weighted by molar-refractivity contribution is -0.156. The van der Waals surface area contributed by atoms with Gasteiger partial charge in [0.15, 0.2) is 0 Å². The molecule has 0 aromatic carbocycles. The summed E-state index contributed by atoms with van der Waals surface area (Å²) in [5.74, 6) is -0.630. The number of allylic oxidation sites excluding steroid dienone is 1. The normalized spacial score (nSPS) is 33.0. The fraction of sp³-hybridized carbons (Fsp3) is 0.789. The lowest BCUT2D eigenvalue weighted by Gasteiger charge is -2.32. The molecule has 3 unspecified atom stereocenters. The van der Waals surface area contributed by atoms with Crippen molar-refractivity contribution in [2.75, 3.05) is 6.61 Å². The fourth-order valence-corrected chi connectivity index (χ4v) is 2.94. The summed E-state index contributed by atoms with van der Waals surface area (Å²) in [6.07, 6.45) is 8.33. The molecule has 0 saturated carbocycles. The minimum atomic E-state index is -1.03. The predicted molar refractivity (Wildman–Crippen MR) is 90.9 cm³/mol. The Labute approximate surface area is 140 Å². The van der Waals surface area contributed by atoms with Gasteiger partial charge in [0.1, 0.15) is 5.78 Å². The Balaban J connectivity index is 2.82. The van der Waals surface area contributed by atoms with Crippen molar-refractivity contribution in [3.63, 3.8) is 0 Å². The van der Waals surface area contributed by atoms with E-state index in [-0.39, 0.29) is 5.78 Å². The quantitative estimate of drug-likeness (QED) is 0.545. The molecule has 0 aromatic rings. The van der Waals surface area contributed by atoms with Crippen LogP contribution in [0.5, 0.6) is 0 Å². The van der Waals surface area contributed by atoms with Gasteiger partial charge in [-0.15, -0.1) is 0 Å². The van der Waals surface area contributed by atoms with Gasteiger partial charge in [-0.2, -0.15) is 0 Å². The van der Waals surface area contributed by atoms with Gasteiger partial charge < -0.3 is 9.84 Å². The van der Waals surface area contributed by atoms with Crippen LogP contribution in [-0.2, 0) is 14.3 Å². The number of Topliss-reactive ketones (excluding diaryl/α,β-unsaturated/α-hetero) is 1. The average molecular weight is 324 g/mol. The first-order valence-electron chi connectivity index (χ1n) is 8.79. The van der Waals surface area contributed by atoms with Gasteiger partial charge >= 0.3 is 5.97 Å². The first-order chi connectivity index (χ1) is 10.8. The van der Waals surface area contributed by atoms with E-state index in [0.29, 0.717) is 25.4 Å². The third-order valence-corrected chi connectivity index (χ3v) is 4.93. The van der Waals surface area contributed by atoms with Crippen molar-refractivity contribution in [2.45, 2.75) is 72.3 Å². The molecule has 0 amide bonds. The van der Waals surface area contributed by atoms with Gasteiger partial charge in [0.05, 0.1) is 24.0 Å². The summed E-state index contributed by atoms with van der Waals surface area (Å²) in [5, 5.41) is 10.5. The number of rotatable bonds is 0. The van der Waals surface area contributed by atoms with Crippen molar-refractivity contribution >= 4 is 11.8 Å². The molecule has 23 heavy (non-hydrogen) atoms. The zero-order chi connectivity index (χ0) is 17.5. The number of aliphatic hydroxyl groups is 1. The molecule has 0 spiro atoms. The number of ether oxygens (including phenoxy) is 1. The molecular formula is C19H32O4. The fourth-order valence-electron chi connectivity index (χ4n) is 2.94. The molecular weight excluding hydrogens is 292 g/mol. The minimum Gasteiger partial charge on any atom is -0.465 e. The number of cyclic esters (lactones) is 1. The van der Waals surface area contributed by atoms with Crippen LogP contribution in [0.4, 0.5) is 0 Å². The Morgan fingerprint density at radius 2 is 1.78 bits per heavy atom. The Morgan fingerprint density at radius 3 is 2.48 bits per heavy atom. The number of hydrogen-bond donors (Lipinski definition) is 1. The van der Waals surface area contributed by atoms with E-state index in [1.165, 1.54) is 0 Å². The van der Waals surface area contributed by atoms with Crippen molar-refractivity contribution in [2.24, 2.45) is 17.3 Å². The molecule has 132 valence electrons. The topological polar surface area (TPSA) is 63.6 Å². The van der Waals surface area contributed by atoms with Gasteiger partial charge in [0.2, 0.25) is 0 Å². The molecule has 0 radical (unpaired) electrons. The maximum Gasteiger partial charge on any atom is 0.311 e. The third-order valence-electron chi connectivity index (χ3n) is 4.93. The molecule has 1 rings (SSSR count). The molecule has 4 heteroatoms. The van der Waals surface area contributed by atoms with Crippen LogP contribution in [-0.4, -0.2) is 29.6 Å². The highest BCUT2D eigenvalue weighted by molar-refractivity contribution is 5.85. The van der Waals surface area contributed by atoms with Crippen molar-refractivity contribution in [1.82, 2.24) is 0 Å². The van der Waals surface area contributed by atoms with Gasteiger partial charge in [0, 0.05) is 6.42 Å². The first kappa shape index (κ1) is 19.9. The van der Waals surface area contributed by atoms with Crippen LogP contribution < -0.4 is 0 Å². The summed E-state index contributed by atoms with van der Waals surface area (Å²) in [4.78, 5) is 24.6. The maximum atomic E-state index is 12.5. The van der Waals surface area contributed by atoms with Crippen LogP contribution in [0.1, 0.15) is 66.2 Å². The molecule has 3 atom stereocenters. The van der Waals surface area contributed by atoms with Crippen molar-refractivity contribution in [3.05, 3.63) is 12.2 Å². The van der Waals surface area contributed by atoms with Crippen LogP contribution in [0.25, 0.3) is 0 Å². The molecule has 0 fully saturated rings. The lowest BCUT2D eigenvalue weighted by atomic mass is 9.75. The monoisotopic (exact) mass is 324 g/mol. The number of aliphatic hydroxyl groups excluding tert-OH is 1. The summed E-state index contributed by atoms with van der Waals surface area (Å²) in [7, 11) is 0. The summed E-state index contributed by atoms with van der Waals surface area (Å²) in [6.45, 7) is 7.56. The van der Waals surface area contributed by atoms with Crippen LogP contribution in [0.2, 0.25) is 0 Å².